The van der Waals surface area contributed by atoms with Gasteiger partial charge in [0.25, 0.3) is 0 Å². The topological polar surface area (TPSA) is 12.4 Å². The molecule has 0 saturated carbocycles. The van der Waals surface area contributed by atoms with Crippen molar-refractivity contribution in [2.45, 2.75) is 6.92 Å². The molecule has 1 heteroatoms. The lowest BCUT2D eigenvalue weighted by atomic mass is 10.2. The van der Waals surface area contributed by atoms with Crippen molar-refractivity contribution in [1.82, 2.24) is 0 Å². The van der Waals surface area contributed by atoms with Crippen LogP contribution in [0.5, 0.6) is 0 Å². The summed E-state index contributed by atoms with van der Waals surface area (Å²) in [6.45, 7) is 2.88. The smallest absolute Gasteiger partial charge is 0.0361 e. The summed E-state index contributed by atoms with van der Waals surface area (Å²) >= 11 is 0. The van der Waals surface area contributed by atoms with Crippen LogP contribution in [0.25, 0.3) is 0 Å². The van der Waals surface area contributed by atoms with Crippen LogP contribution in [-0.2, 0) is 0 Å². The summed E-state index contributed by atoms with van der Waals surface area (Å²) in [4.78, 5) is 4.12. The predicted molar refractivity (Wildman–Crippen MR) is 44.6 cm³/mol. The lowest BCUT2D eigenvalue weighted by molar-refractivity contribution is 1.14. The Balaban J connectivity index is 2.67. The highest BCUT2D eigenvalue weighted by Crippen LogP contribution is 1.93. The summed E-state index contributed by atoms with van der Waals surface area (Å²) in [5.41, 5.74) is 1.17. The van der Waals surface area contributed by atoms with Crippen molar-refractivity contribution in [1.29, 1.82) is 0 Å². The van der Waals surface area contributed by atoms with Gasteiger partial charge in [0.05, 0.1) is 0 Å². The van der Waals surface area contributed by atoms with E-state index in [4.69, 9.17) is 0 Å². The van der Waals surface area contributed by atoms with E-state index in [-0.39, 0.29) is 0 Å². The Hall–Kier alpha value is -1.11. The molecular weight excluding hydrogens is 122 g/mol. The van der Waals surface area contributed by atoms with Gasteiger partial charge in [0.1, 0.15) is 0 Å². The number of hydrogen-bond acceptors (Lipinski definition) is 1. The predicted octanol–water partition coefficient (Wildman–Crippen LogP) is 2.13. The summed E-state index contributed by atoms with van der Waals surface area (Å²) in [6, 6.07) is 10.1. The molecule has 0 aromatic heterocycles. The van der Waals surface area contributed by atoms with Crippen LogP contribution in [0.4, 0.5) is 0 Å². The first-order valence-electron chi connectivity index (χ1n) is 3.48. The van der Waals surface area contributed by atoms with Crippen LogP contribution in [0.1, 0.15) is 12.5 Å². The van der Waals surface area contributed by atoms with Crippen molar-refractivity contribution < 1.29 is 0 Å². The molecule has 1 rings (SSSR count). The molecule has 0 heterocycles. The first-order valence-corrected chi connectivity index (χ1v) is 3.48. The minimum absolute atomic E-state index is 0.856. The molecule has 52 valence electrons. The van der Waals surface area contributed by atoms with Crippen molar-refractivity contribution in [3.8, 4) is 0 Å². The minimum Gasteiger partial charge on any atom is -0.293 e. The third-order valence-electron chi connectivity index (χ3n) is 1.22. The number of aliphatic imine (C=N–C) groups is 1. The molecular formula is C9H11N. The summed E-state index contributed by atoms with van der Waals surface area (Å²) in [5.74, 6) is 0. The third kappa shape index (κ3) is 2.02. The van der Waals surface area contributed by atoms with Crippen LogP contribution in [0.3, 0.4) is 0 Å². The van der Waals surface area contributed by atoms with Crippen molar-refractivity contribution >= 4 is 6.21 Å². The van der Waals surface area contributed by atoms with Gasteiger partial charge in [0.2, 0.25) is 0 Å². The zero-order valence-corrected chi connectivity index (χ0v) is 6.12. The molecule has 1 aromatic rings. The van der Waals surface area contributed by atoms with E-state index < -0.39 is 0 Å². The summed E-state index contributed by atoms with van der Waals surface area (Å²) in [5, 5.41) is 0. The fourth-order valence-electron chi connectivity index (χ4n) is 0.736. The fourth-order valence-corrected chi connectivity index (χ4v) is 0.736. The molecule has 1 nitrogen and oxygen atoms in total. The van der Waals surface area contributed by atoms with Crippen LogP contribution in [0, 0.1) is 0 Å². The molecule has 0 spiro atoms. The Kier molecular flexibility index (Phi) is 2.68. The van der Waals surface area contributed by atoms with Crippen LogP contribution < -0.4 is 0 Å². The van der Waals surface area contributed by atoms with E-state index in [0.29, 0.717) is 0 Å². The van der Waals surface area contributed by atoms with E-state index in [2.05, 4.69) is 4.99 Å². The Bertz CT molecular complexity index is 201. The SMILES string of the molecule is CC/N=C\c1ccccc1. The Labute approximate surface area is 61.4 Å². The van der Waals surface area contributed by atoms with Gasteiger partial charge in [-0.1, -0.05) is 30.3 Å². The summed E-state index contributed by atoms with van der Waals surface area (Å²) < 4.78 is 0. The molecule has 0 radical (unpaired) electrons. The third-order valence-corrected chi connectivity index (χ3v) is 1.22. The highest BCUT2D eigenvalue weighted by molar-refractivity contribution is 5.79. The number of benzene rings is 1. The average molecular weight is 133 g/mol. The van der Waals surface area contributed by atoms with Gasteiger partial charge < -0.3 is 0 Å². The van der Waals surface area contributed by atoms with E-state index in [9.17, 15) is 0 Å². The first kappa shape index (κ1) is 7.00. The molecule has 0 saturated heterocycles. The zero-order valence-electron chi connectivity index (χ0n) is 6.12. The van der Waals surface area contributed by atoms with Crippen molar-refractivity contribution in [2.75, 3.05) is 6.54 Å². The molecule has 0 fully saturated rings. The highest BCUT2D eigenvalue weighted by Gasteiger charge is 1.80. The Morgan fingerprint density at radius 1 is 1.30 bits per heavy atom. The molecule has 10 heavy (non-hydrogen) atoms. The van der Waals surface area contributed by atoms with Gasteiger partial charge in [-0.05, 0) is 12.5 Å². The van der Waals surface area contributed by atoms with Gasteiger partial charge in [-0.15, -0.1) is 0 Å². The van der Waals surface area contributed by atoms with Crippen molar-refractivity contribution in [3.05, 3.63) is 35.9 Å². The second-order valence-electron chi connectivity index (χ2n) is 2.04. The molecule has 0 aliphatic carbocycles. The number of hydrogen-bond donors (Lipinski definition) is 0. The molecule has 0 aliphatic rings. The standard InChI is InChI=1S/C9H11N/c1-2-10-8-9-6-4-3-5-7-9/h3-8H,2H2,1H3/b10-8-. The van der Waals surface area contributed by atoms with Crippen LogP contribution in [0.2, 0.25) is 0 Å². The van der Waals surface area contributed by atoms with Gasteiger partial charge in [0.15, 0.2) is 0 Å². The van der Waals surface area contributed by atoms with Gasteiger partial charge in [0, 0.05) is 12.8 Å². The maximum atomic E-state index is 4.12. The minimum atomic E-state index is 0.856. The monoisotopic (exact) mass is 133 g/mol. The maximum Gasteiger partial charge on any atom is 0.0361 e. The Morgan fingerprint density at radius 3 is 2.60 bits per heavy atom. The quantitative estimate of drug-likeness (QED) is 0.548. The van der Waals surface area contributed by atoms with Gasteiger partial charge >= 0.3 is 0 Å². The number of nitrogens with zero attached hydrogens (tertiary/aromatic N) is 1. The molecule has 0 amide bonds. The highest BCUT2D eigenvalue weighted by atomic mass is 14.7. The summed E-state index contributed by atoms with van der Waals surface area (Å²) in [7, 11) is 0. The average Bonchev–Trinajstić information content (AvgIpc) is 2.03. The fraction of sp³-hybridized carbons (Fsp3) is 0.222. The molecule has 0 atom stereocenters. The van der Waals surface area contributed by atoms with Gasteiger partial charge in [-0.3, -0.25) is 4.99 Å². The van der Waals surface area contributed by atoms with E-state index in [1.807, 2.05) is 43.5 Å². The molecule has 0 aliphatic heterocycles. The van der Waals surface area contributed by atoms with Gasteiger partial charge in [-0.2, -0.15) is 0 Å². The van der Waals surface area contributed by atoms with Crippen LogP contribution in [-0.4, -0.2) is 12.8 Å². The lowest BCUT2D eigenvalue weighted by Gasteiger charge is -1.87. The van der Waals surface area contributed by atoms with Crippen molar-refractivity contribution in [2.24, 2.45) is 4.99 Å². The second-order valence-corrected chi connectivity index (χ2v) is 2.04. The maximum absolute atomic E-state index is 4.12. The molecule has 0 bridgehead atoms. The normalized spacial score (nSPS) is 10.5. The Morgan fingerprint density at radius 2 is 2.00 bits per heavy atom. The first-order chi connectivity index (χ1) is 4.93. The molecule has 0 unspecified atom stereocenters. The molecule has 0 N–H and O–H groups in total. The van der Waals surface area contributed by atoms with E-state index in [1.165, 1.54) is 5.56 Å². The largest absolute Gasteiger partial charge is 0.293 e. The van der Waals surface area contributed by atoms with E-state index in [0.717, 1.165) is 6.54 Å². The van der Waals surface area contributed by atoms with Crippen molar-refractivity contribution in [3.63, 3.8) is 0 Å². The molecule has 1 aromatic carbocycles. The van der Waals surface area contributed by atoms with Crippen LogP contribution >= 0.6 is 0 Å². The number of rotatable bonds is 2. The zero-order chi connectivity index (χ0) is 7.23. The summed E-state index contributed by atoms with van der Waals surface area (Å²) in [6.07, 6.45) is 1.89. The van der Waals surface area contributed by atoms with Gasteiger partial charge in [-0.25, -0.2) is 0 Å². The second kappa shape index (κ2) is 3.83. The van der Waals surface area contributed by atoms with E-state index >= 15 is 0 Å². The van der Waals surface area contributed by atoms with Crippen LogP contribution in [0.15, 0.2) is 35.3 Å². The van der Waals surface area contributed by atoms with E-state index in [1.54, 1.807) is 0 Å². The lowest BCUT2D eigenvalue weighted by Crippen LogP contribution is -1.78.